The molecule has 1 aliphatic heterocycles. The van der Waals surface area contributed by atoms with Crippen molar-refractivity contribution in [3.05, 3.63) is 48.3 Å². The molecule has 1 unspecified atom stereocenters. The number of hydrogen-bond acceptors (Lipinski definition) is 5. The second kappa shape index (κ2) is 8.11. The Balaban J connectivity index is 1.55. The highest BCUT2D eigenvalue weighted by atomic mass is 15.3. The highest BCUT2D eigenvalue weighted by Gasteiger charge is 2.18. The summed E-state index contributed by atoms with van der Waals surface area (Å²) in [6.45, 7) is 9.51. The first-order valence-electron chi connectivity index (χ1n) is 8.84. The average molecular weight is 325 g/mol. The Bertz CT molecular complexity index is 623. The second-order valence-electron chi connectivity index (χ2n) is 6.46. The van der Waals surface area contributed by atoms with Crippen LogP contribution in [0.4, 0.5) is 11.6 Å². The monoisotopic (exact) mass is 325 g/mol. The van der Waals surface area contributed by atoms with Gasteiger partial charge in [0.05, 0.1) is 0 Å². The number of nitrogens with one attached hydrogen (secondary N) is 1. The molecule has 1 saturated heterocycles. The Kier molecular flexibility index (Phi) is 5.64. The third kappa shape index (κ3) is 4.45. The first-order chi connectivity index (χ1) is 11.7. The largest absolute Gasteiger partial charge is 0.367 e. The van der Waals surface area contributed by atoms with Gasteiger partial charge in [-0.05, 0) is 18.9 Å². The van der Waals surface area contributed by atoms with Crippen LogP contribution in [0, 0.1) is 0 Å². The molecule has 1 aliphatic rings. The van der Waals surface area contributed by atoms with Gasteiger partial charge in [0.2, 0.25) is 0 Å². The molecule has 1 N–H and O–H groups in total. The van der Waals surface area contributed by atoms with Gasteiger partial charge >= 0.3 is 0 Å². The Morgan fingerprint density at radius 1 is 1.08 bits per heavy atom. The lowest BCUT2D eigenvalue weighted by atomic mass is 10.2. The van der Waals surface area contributed by atoms with Crippen LogP contribution in [-0.4, -0.2) is 47.1 Å². The van der Waals surface area contributed by atoms with E-state index in [1.54, 1.807) is 6.33 Å². The number of benzene rings is 1. The van der Waals surface area contributed by atoms with E-state index in [1.807, 2.05) is 0 Å². The number of hydrogen-bond donors (Lipinski definition) is 1. The minimum atomic E-state index is 0.426. The lowest BCUT2D eigenvalue weighted by molar-refractivity contribution is 0.249. The summed E-state index contributed by atoms with van der Waals surface area (Å²) < 4.78 is 0. The van der Waals surface area contributed by atoms with Crippen molar-refractivity contribution in [2.45, 2.75) is 32.9 Å². The molecule has 1 aromatic carbocycles. The van der Waals surface area contributed by atoms with Gasteiger partial charge in [0.15, 0.2) is 0 Å². The average Bonchev–Trinajstić information content (AvgIpc) is 2.63. The molecular formula is C19H27N5. The summed E-state index contributed by atoms with van der Waals surface area (Å²) in [7, 11) is 0. The molecule has 1 aromatic heterocycles. The number of rotatable bonds is 6. The first-order valence-corrected chi connectivity index (χ1v) is 8.84. The Labute approximate surface area is 144 Å². The van der Waals surface area contributed by atoms with E-state index >= 15 is 0 Å². The van der Waals surface area contributed by atoms with Gasteiger partial charge in [-0.15, -0.1) is 0 Å². The van der Waals surface area contributed by atoms with Crippen molar-refractivity contribution in [2.24, 2.45) is 0 Å². The number of nitrogens with zero attached hydrogens (tertiary/aromatic N) is 4. The molecule has 0 spiro atoms. The summed E-state index contributed by atoms with van der Waals surface area (Å²) in [6.07, 6.45) is 2.74. The van der Waals surface area contributed by atoms with Crippen molar-refractivity contribution >= 4 is 11.6 Å². The topological polar surface area (TPSA) is 44.3 Å². The molecule has 0 amide bonds. The van der Waals surface area contributed by atoms with Gasteiger partial charge in [0.25, 0.3) is 0 Å². The summed E-state index contributed by atoms with van der Waals surface area (Å²) in [6, 6.07) is 13.2. The van der Waals surface area contributed by atoms with Gasteiger partial charge in [-0.1, -0.05) is 37.3 Å². The molecule has 0 aliphatic carbocycles. The summed E-state index contributed by atoms with van der Waals surface area (Å²) in [5, 5.41) is 3.42. The smallest absolute Gasteiger partial charge is 0.134 e. The van der Waals surface area contributed by atoms with Crippen LogP contribution in [0.2, 0.25) is 0 Å². The first kappa shape index (κ1) is 16.7. The molecule has 3 rings (SSSR count). The molecule has 0 radical (unpaired) electrons. The number of aromatic nitrogens is 2. The van der Waals surface area contributed by atoms with E-state index in [0.29, 0.717) is 6.04 Å². The van der Waals surface area contributed by atoms with E-state index in [1.165, 1.54) is 5.56 Å². The lowest BCUT2D eigenvalue weighted by Crippen LogP contribution is -2.46. The lowest BCUT2D eigenvalue weighted by Gasteiger charge is -2.35. The number of anilines is 2. The zero-order valence-electron chi connectivity index (χ0n) is 14.7. The Morgan fingerprint density at radius 3 is 2.54 bits per heavy atom. The highest BCUT2D eigenvalue weighted by Crippen LogP contribution is 2.18. The zero-order chi connectivity index (χ0) is 16.8. The SMILES string of the molecule is CCC(C)Nc1cc(N2CCN(Cc3ccccc3)CC2)ncn1. The normalized spacial score (nSPS) is 16.8. The van der Waals surface area contributed by atoms with Gasteiger partial charge in [-0.2, -0.15) is 0 Å². The molecule has 0 saturated carbocycles. The van der Waals surface area contributed by atoms with Gasteiger partial charge in [-0.25, -0.2) is 9.97 Å². The van der Waals surface area contributed by atoms with Gasteiger partial charge < -0.3 is 10.2 Å². The van der Waals surface area contributed by atoms with Crippen LogP contribution >= 0.6 is 0 Å². The van der Waals surface area contributed by atoms with Gasteiger partial charge in [0, 0.05) is 44.8 Å². The molecular weight excluding hydrogens is 298 g/mol. The van der Waals surface area contributed by atoms with Crippen LogP contribution in [-0.2, 0) is 6.54 Å². The minimum absolute atomic E-state index is 0.426. The molecule has 5 heteroatoms. The van der Waals surface area contributed by atoms with Crippen LogP contribution < -0.4 is 10.2 Å². The van der Waals surface area contributed by atoms with E-state index in [-0.39, 0.29) is 0 Å². The third-order valence-corrected chi connectivity index (χ3v) is 4.60. The maximum absolute atomic E-state index is 4.46. The number of piperazine rings is 1. The predicted octanol–water partition coefficient (Wildman–Crippen LogP) is 3.01. The summed E-state index contributed by atoms with van der Waals surface area (Å²) >= 11 is 0. The van der Waals surface area contributed by atoms with E-state index in [9.17, 15) is 0 Å². The minimum Gasteiger partial charge on any atom is -0.367 e. The van der Waals surface area contributed by atoms with Crippen LogP contribution in [0.1, 0.15) is 25.8 Å². The third-order valence-electron chi connectivity index (χ3n) is 4.60. The molecule has 128 valence electrons. The van der Waals surface area contributed by atoms with Crippen molar-refractivity contribution in [3.8, 4) is 0 Å². The Morgan fingerprint density at radius 2 is 1.83 bits per heavy atom. The van der Waals surface area contributed by atoms with Crippen molar-refractivity contribution in [2.75, 3.05) is 36.4 Å². The summed E-state index contributed by atoms with van der Waals surface area (Å²) in [4.78, 5) is 13.7. The van der Waals surface area contributed by atoms with Crippen molar-refractivity contribution in [1.82, 2.24) is 14.9 Å². The Hall–Kier alpha value is -2.14. The molecule has 2 aromatic rings. The molecule has 2 heterocycles. The molecule has 1 fully saturated rings. The van der Waals surface area contributed by atoms with E-state index in [0.717, 1.165) is 50.8 Å². The molecule has 5 nitrogen and oxygen atoms in total. The molecule has 1 atom stereocenters. The van der Waals surface area contributed by atoms with Gasteiger partial charge in [0.1, 0.15) is 18.0 Å². The fourth-order valence-electron chi connectivity index (χ4n) is 2.93. The predicted molar refractivity (Wildman–Crippen MR) is 99.3 cm³/mol. The maximum Gasteiger partial charge on any atom is 0.134 e. The quantitative estimate of drug-likeness (QED) is 0.884. The van der Waals surface area contributed by atoms with Crippen LogP contribution in [0.3, 0.4) is 0 Å². The van der Waals surface area contributed by atoms with Crippen LogP contribution in [0.15, 0.2) is 42.7 Å². The zero-order valence-corrected chi connectivity index (χ0v) is 14.7. The summed E-state index contributed by atoms with van der Waals surface area (Å²) in [5.74, 6) is 1.94. The van der Waals surface area contributed by atoms with E-state index < -0.39 is 0 Å². The van der Waals surface area contributed by atoms with Crippen molar-refractivity contribution < 1.29 is 0 Å². The fourth-order valence-corrected chi connectivity index (χ4v) is 2.93. The van der Waals surface area contributed by atoms with Crippen molar-refractivity contribution in [3.63, 3.8) is 0 Å². The molecule has 0 bridgehead atoms. The second-order valence-corrected chi connectivity index (χ2v) is 6.46. The van der Waals surface area contributed by atoms with Crippen LogP contribution in [0.25, 0.3) is 0 Å². The fraction of sp³-hybridized carbons (Fsp3) is 0.474. The van der Waals surface area contributed by atoms with E-state index in [4.69, 9.17) is 0 Å². The van der Waals surface area contributed by atoms with Gasteiger partial charge in [-0.3, -0.25) is 4.90 Å². The van der Waals surface area contributed by atoms with Crippen molar-refractivity contribution in [1.29, 1.82) is 0 Å². The maximum atomic E-state index is 4.46. The van der Waals surface area contributed by atoms with Crippen LogP contribution in [0.5, 0.6) is 0 Å². The highest BCUT2D eigenvalue weighted by molar-refractivity contribution is 5.49. The van der Waals surface area contributed by atoms with E-state index in [2.05, 4.69) is 75.3 Å². The summed E-state index contributed by atoms with van der Waals surface area (Å²) in [5.41, 5.74) is 1.38. The standard InChI is InChI=1S/C19H27N5/c1-3-16(2)22-18-13-19(21-15-20-18)24-11-9-23(10-12-24)14-17-7-5-4-6-8-17/h4-8,13,15-16H,3,9-12,14H2,1-2H3,(H,20,21,22). The molecule has 24 heavy (non-hydrogen) atoms.